The molecule has 30 heavy (non-hydrogen) atoms. The van der Waals surface area contributed by atoms with E-state index in [1.54, 1.807) is 0 Å². The van der Waals surface area contributed by atoms with Gasteiger partial charge in [-0.2, -0.15) is 9.29 Å². The summed E-state index contributed by atoms with van der Waals surface area (Å²) in [4.78, 5) is 15.7. The highest BCUT2D eigenvalue weighted by Crippen LogP contribution is 2.29. The number of carbonyl (C=O) groups excluding carboxylic acids is 1. The van der Waals surface area contributed by atoms with Crippen molar-refractivity contribution in [1.29, 1.82) is 0 Å². The van der Waals surface area contributed by atoms with Crippen molar-refractivity contribution in [3.8, 4) is 17.1 Å². The van der Waals surface area contributed by atoms with Crippen LogP contribution in [0.3, 0.4) is 0 Å². The van der Waals surface area contributed by atoms with Crippen molar-refractivity contribution >= 4 is 21.6 Å². The summed E-state index contributed by atoms with van der Waals surface area (Å²) in [7, 11) is -1.04. The summed E-state index contributed by atoms with van der Waals surface area (Å²) < 4.78 is 37.4. The van der Waals surface area contributed by atoms with Crippen LogP contribution in [0.5, 0.6) is 5.75 Å². The molecule has 3 aromatic rings. The first-order valence-electron chi connectivity index (χ1n) is 9.02. The first-order chi connectivity index (χ1) is 14.2. The molecule has 0 aliphatic heterocycles. The number of rotatable bonds is 7. The second kappa shape index (κ2) is 8.64. The number of nitrogens with one attached hydrogen (secondary N) is 1. The third kappa shape index (κ3) is 4.66. The Morgan fingerprint density at radius 3 is 2.67 bits per heavy atom. The minimum atomic E-state index is -3.88. The van der Waals surface area contributed by atoms with Crippen molar-refractivity contribution in [3.05, 3.63) is 53.9 Å². The van der Waals surface area contributed by atoms with Crippen LogP contribution in [0.15, 0.2) is 51.9 Å². The van der Waals surface area contributed by atoms with Gasteiger partial charge in [-0.1, -0.05) is 28.9 Å². The molecule has 0 unspecified atom stereocenters. The number of ether oxygens (including phenoxy) is 1. The van der Waals surface area contributed by atoms with Crippen molar-refractivity contribution in [3.63, 3.8) is 0 Å². The molecule has 158 valence electrons. The maximum absolute atomic E-state index is 13.0. The maximum atomic E-state index is 13.0. The molecule has 0 saturated carbocycles. The standard InChI is InChI=1S/C20H22N4O5S/c1-13-6-5-7-15(10-13)20-22-19(29-23-20)12-24(3)30(26,27)16-8-9-18(28-4)17(11-16)21-14(2)25/h5-11H,12H2,1-4H3,(H,21,25). The van der Waals surface area contributed by atoms with Gasteiger partial charge < -0.3 is 14.6 Å². The monoisotopic (exact) mass is 430 g/mol. The van der Waals surface area contributed by atoms with Gasteiger partial charge in [-0.05, 0) is 31.2 Å². The Hall–Kier alpha value is -3.24. The van der Waals surface area contributed by atoms with Crippen LogP contribution in [0, 0.1) is 6.92 Å². The fourth-order valence-electron chi connectivity index (χ4n) is 2.81. The van der Waals surface area contributed by atoms with Gasteiger partial charge in [0.2, 0.25) is 27.6 Å². The molecule has 1 heterocycles. The Morgan fingerprint density at radius 2 is 2.00 bits per heavy atom. The molecular formula is C20H22N4O5S. The third-order valence-corrected chi connectivity index (χ3v) is 6.09. The summed E-state index contributed by atoms with van der Waals surface area (Å²) in [5.41, 5.74) is 2.10. The van der Waals surface area contributed by atoms with Gasteiger partial charge >= 0.3 is 0 Å². The van der Waals surface area contributed by atoms with Gasteiger partial charge in [0.15, 0.2) is 0 Å². The van der Waals surface area contributed by atoms with Crippen LogP contribution in [0.25, 0.3) is 11.4 Å². The van der Waals surface area contributed by atoms with Crippen molar-refractivity contribution in [2.45, 2.75) is 25.3 Å². The number of aromatic nitrogens is 2. The van der Waals surface area contributed by atoms with Crippen LogP contribution in [0.1, 0.15) is 18.4 Å². The highest BCUT2D eigenvalue weighted by atomic mass is 32.2. The predicted molar refractivity (Wildman–Crippen MR) is 110 cm³/mol. The van der Waals surface area contributed by atoms with Crippen molar-refractivity contribution < 1.29 is 22.5 Å². The van der Waals surface area contributed by atoms with E-state index in [-0.39, 0.29) is 28.9 Å². The topological polar surface area (TPSA) is 115 Å². The van der Waals surface area contributed by atoms with Gasteiger partial charge in [0.25, 0.3) is 0 Å². The summed E-state index contributed by atoms with van der Waals surface area (Å²) >= 11 is 0. The molecule has 0 radical (unpaired) electrons. The zero-order valence-electron chi connectivity index (χ0n) is 17.0. The number of methoxy groups -OCH3 is 1. The zero-order chi connectivity index (χ0) is 21.9. The molecule has 3 rings (SSSR count). The fraction of sp³-hybridized carbons (Fsp3) is 0.250. The number of sulfonamides is 1. The molecule has 2 aromatic carbocycles. The van der Waals surface area contributed by atoms with E-state index in [4.69, 9.17) is 9.26 Å². The molecule has 0 saturated heterocycles. The van der Waals surface area contributed by atoms with Crippen LogP contribution < -0.4 is 10.1 Å². The van der Waals surface area contributed by atoms with Crippen molar-refractivity contribution in [2.24, 2.45) is 0 Å². The van der Waals surface area contributed by atoms with E-state index in [1.165, 1.54) is 39.3 Å². The molecular weight excluding hydrogens is 408 g/mol. The average Bonchev–Trinajstić information content (AvgIpc) is 3.16. The largest absolute Gasteiger partial charge is 0.495 e. The molecule has 0 fully saturated rings. The number of amides is 1. The summed E-state index contributed by atoms with van der Waals surface area (Å²) in [6.45, 7) is 3.17. The molecule has 9 nitrogen and oxygen atoms in total. The first kappa shape index (κ1) is 21.5. The summed E-state index contributed by atoms with van der Waals surface area (Å²) in [5.74, 6) is 0.558. The lowest BCUT2D eigenvalue weighted by molar-refractivity contribution is -0.114. The molecule has 1 aromatic heterocycles. The summed E-state index contributed by atoms with van der Waals surface area (Å²) in [6.07, 6.45) is 0. The Kier molecular flexibility index (Phi) is 6.18. The van der Waals surface area contributed by atoms with E-state index in [0.717, 1.165) is 15.4 Å². The highest BCUT2D eigenvalue weighted by Gasteiger charge is 2.24. The number of aryl methyl sites for hydroxylation is 1. The zero-order valence-corrected chi connectivity index (χ0v) is 17.9. The van der Waals surface area contributed by atoms with Crippen LogP contribution in [-0.2, 0) is 21.4 Å². The smallest absolute Gasteiger partial charge is 0.243 e. The second-order valence-corrected chi connectivity index (χ2v) is 8.73. The molecule has 0 bridgehead atoms. The van der Waals surface area contributed by atoms with Crippen LogP contribution in [-0.4, -0.2) is 42.9 Å². The average molecular weight is 430 g/mol. The maximum Gasteiger partial charge on any atom is 0.243 e. The second-order valence-electron chi connectivity index (χ2n) is 6.69. The van der Waals surface area contributed by atoms with E-state index >= 15 is 0 Å². The Labute approximate surface area is 174 Å². The minimum absolute atomic E-state index is 0.00651. The van der Waals surface area contributed by atoms with E-state index in [2.05, 4.69) is 15.5 Å². The van der Waals surface area contributed by atoms with Crippen molar-refractivity contribution in [2.75, 3.05) is 19.5 Å². The SMILES string of the molecule is COc1ccc(S(=O)(=O)N(C)Cc2nc(-c3cccc(C)c3)no2)cc1NC(C)=O. The molecule has 1 N–H and O–H groups in total. The van der Waals surface area contributed by atoms with Crippen LogP contribution >= 0.6 is 0 Å². The van der Waals surface area contributed by atoms with Gasteiger partial charge in [-0.15, -0.1) is 0 Å². The van der Waals surface area contributed by atoms with E-state index in [9.17, 15) is 13.2 Å². The van der Waals surface area contributed by atoms with E-state index in [0.29, 0.717) is 11.6 Å². The Bertz CT molecular complexity index is 1170. The lowest BCUT2D eigenvalue weighted by atomic mass is 10.1. The molecule has 0 spiro atoms. The van der Waals surface area contributed by atoms with Gasteiger partial charge in [0, 0.05) is 19.5 Å². The van der Waals surface area contributed by atoms with E-state index < -0.39 is 10.0 Å². The van der Waals surface area contributed by atoms with Gasteiger partial charge in [0.1, 0.15) is 5.75 Å². The number of hydrogen-bond acceptors (Lipinski definition) is 7. The minimum Gasteiger partial charge on any atom is -0.495 e. The molecule has 0 aliphatic carbocycles. The lowest BCUT2D eigenvalue weighted by Crippen LogP contribution is -2.26. The predicted octanol–water partition coefficient (Wildman–Crippen LogP) is 2.83. The summed E-state index contributed by atoms with van der Waals surface area (Å²) in [5, 5.41) is 6.50. The van der Waals surface area contributed by atoms with Crippen LogP contribution in [0.2, 0.25) is 0 Å². The van der Waals surface area contributed by atoms with Gasteiger partial charge in [-0.3, -0.25) is 4.79 Å². The van der Waals surface area contributed by atoms with Crippen LogP contribution in [0.4, 0.5) is 5.69 Å². The van der Waals surface area contributed by atoms with E-state index in [1.807, 2.05) is 31.2 Å². The number of nitrogens with zero attached hydrogens (tertiary/aromatic N) is 3. The number of carbonyl (C=O) groups is 1. The third-order valence-electron chi connectivity index (χ3n) is 4.29. The van der Waals surface area contributed by atoms with Gasteiger partial charge in [0.05, 0.1) is 24.2 Å². The normalized spacial score (nSPS) is 11.5. The quantitative estimate of drug-likeness (QED) is 0.613. The molecule has 0 atom stereocenters. The highest BCUT2D eigenvalue weighted by molar-refractivity contribution is 7.89. The lowest BCUT2D eigenvalue weighted by Gasteiger charge is -2.17. The molecule has 1 amide bonds. The Balaban J connectivity index is 1.83. The molecule has 10 heteroatoms. The Morgan fingerprint density at radius 1 is 1.23 bits per heavy atom. The van der Waals surface area contributed by atoms with Gasteiger partial charge in [-0.25, -0.2) is 8.42 Å². The van der Waals surface area contributed by atoms with Crippen molar-refractivity contribution in [1.82, 2.24) is 14.4 Å². The summed E-state index contributed by atoms with van der Waals surface area (Å²) in [6, 6.07) is 11.8. The first-order valence-corrected chi connectivity index (χ1v) is 10.5. The molecule has 0 aliphatic rings. The fourth-order valence-corrected chi connectivity index (χ4v) is 3.96. The number of benzene rings is 2. The number of anilines is 1. The number of hydrogen-bond donors (Lipinski definition) is 1.